The fourth-order valence-corrected chi connectivity index (χ4v) is 3.09. The second-order valence-electron chi connectivity index (χ2n) is 7.11. The highest BCUT2D eigenvalue weighted by Gasteiger charge is 2.23. The molecule has 1 N–H and O–H groups in total. The smallest absolute Gasteiger partial charge is 0.252 e. The van der Waals surface area contributed by atoms with Crippen molar-refractivity contribution in [2.24, 2.45) is 5.41 Å². The molecule has 1 unspecified atom stereocenters. The average Bonchev–Trinajstić information content (AvgIpc) is 3.07. The Balaban J connectivity index is 2.07. The highest BCUT2D eigenvalue weighted by molar-refractivity contribution is 7.13. The summed E-state index contributed by atoms with van der Waals surface area (Å²) in [5, 5.41) is 6.04. The summed E-state index contributed by atoms with van der Waals surface area (Å²) in [6.45, 7) is 8.42. The van der Waals surface area contributed by atoms with Crippen LogP contribution in [0.4, 0.5) is 0 Å². The lowest BCUT2D eigenvalue weighted by Gasteiger charge is -2.28. The third kappa shape index (κ3) is 3.34. The number of aromatic nitrogens is 1. The van der Waals surface area contributed by atoms with Crippen molar-refractivity contribution in [1.82, 2.24) is 10.3 Å². The zero-order valence-corrected chi connectivity index (χ0v) is 15.3. The van der Waals surface area contributed by atoms with E-state index in [0.29, 0.717) is 5.56 Å². The highest BCUT2D eigenvalue weighted by Crippen LogP contribution is 2.28. The topological polar surface area (TPSA) is 42.0 Å². The first kappa shape index (κ1) is 16.7. The van der Waals surface area contributed by atoms with Gasteiger partial charge in [-0.2, -0.15) is 0 Å². The number of nitrogens with zero attached hydrogens (tertiary/aromatic N) is 1. The summed E-state index contributed by atoms with van der Waals surface area (Å²) in [4.78, 5) is 18.7. The zero-order valence-electron chi connectivity index (χ0n) is 14.5. The van der Waals surface area contributed by atoms with E-state index in [9.17, 15) is 4.79 Å². The molecule has 1 aromatic carbocycles. The molecule has 0 aliphatic carbocycles. The standard InChI is InChI=1S/C20H22N2OS/c1-13(20(2,3)4)21-19(23)15-12-17(18-10-7-11-24-18)22-16-9-6-5-8-14(15)16/h5-13H,1-4H3,(H,21,23). The van der Waals surface area contributed by atoms with Crippen LogP contribution < -0.4 is 5.32 Å². The minimum absolute atomic E-state index is 0.00900. The Morgan fingerprint density at radius 2 is 1.92 bits per heavy atom. The number of nitrogens with one attached hydrogen (secondary N) is 1. The van der Waals surface area contributed by atoms with Gasteiger partial charge in [0.15, 0.2) is 0 Å². The van der Waals surface area contributed by atoms with Crippen molar-refractivity contribution in [1.29, 1.82) is 0 Å². The lowest BCUT2D eigenvalue weighted by Crippen LogP contribution is -2.41. The highest BCUT2D eigenvalue weighted by atomic mass is 32.1. The molecule has 0 radical (unpaired) electrons. The van der Waals surface area contributed by atoms with Gasteiger partial charge < -0.3 is 5.32 Å². The lowest BCUT2D eigenvalue weighted by atomic mass is 9.88. The molecule has 2 aromatic heterocycles. The number of hydrogen-bond donors (Lipinski definition) is 1. The quantitative estimate of drug-likeness (QED) is 0.719. The monoisotopic (exact) mass is 338 g/mol. The predicted octanol–water partition coefficient (Wildman–Crippen LogP) is 5.13. The summed E-state index contributed by atoms with van der Waals surface area (Å²) in [6.07, 6.45) is 0. The number of pyridine rings is 1. The second-order valence-corrected chi connectivity index (χ2v) is 8.06. The number of fused-ring (bicyclic) bond motifs is 1. The molecule has 1 atom stereocenters. The number of carbonyl (C=O) groups is 1. The molecule has 3 nitrogen and oxygen atoms in total. The van der Waals surface area contributed by atoms with Gasteiger partial charge in [-0.3, -0.25) is 4.79 Å². The summed E-state index contributed by atoms with van der Waals surface area (Å²) in [5.74, 6) is -0.0474. The van der Waals surface area contributed by atoms with Crippen LogP contribution in [0, 0.1) is 5.41 Å². The molecule has 4 heteroatoms. The molecule has 3 rings (SSSR count). The summed E-state index contributed by atoms with van der Waals surface area (Å²) in [7, 11) is 0. The van der Waals surface area contributed by atoms with E-state index in [4.69, 9.17) is 4.98 Å². The molecule has 0 saturated heterocycles. The van der Waals surface area contributed by atoms with E-state index in [0.717, 1.165) is 21.5 Å². The van der Waals surface area contributed by atoms with Crippen LogP contribution in [0.5, 0.6) is 0 Å². The van der Waals surface area contributed by atoms with Crippen LogP contribution in [0.2, 0.25) is 0 Å². The van der Waals surface area contributed by atoms with Crippen molar-refractivity contribution >= 4 is 28.1 Å². The van der Waals surface area contributed by atoms with Gasteiger partial charge in [-0.1, -0.05) is 45.0 Å². The number of hydrogen-bond acceptors (Lipinski definition) is 3. The van der Waals surface area contributed by atoms with Gasteiger partial charge in [0.05, 0.1) is 21.7 Å². The van der Waals surface area contributed by atoms with Crippen molar-refractivity contribution < 1.29 is 4.79 Å². The van der Waals surface area contributed by atoms with Gasteiger partial charge in [-0.05, 0) is 35.9 Å². The van der Waals surface area contributed by atoms with Crippen LogP contribution in [0.1, 0.15) is 38.1 Å². The first-order valence-electron chi connectivity index (χ1n) is 8.11. The summed E-state index contributed by atoms with van der Waals surface area (Å²) in [6, 6.07) is 13.8. The molecule has 0 saturated carbocycles. The fraction of sp³-hybridized carbons (Fsp3) is 0.300. The Labute approximate surface area is 146 Å². The van der Waals surface area contributed by atoms with E-state index in [1.54, 1.807) is 11.3 Å². The van der Waals surface area contributed by atoms with Gasteiger partial charge in [-0.25, -0.2) is 4.98 Å². The molecule has 2 heterocycles. The van der Waals surface area contributed by atoms with Gasteiger partial charge in [0.25, 0.3) is 5.91 Å². The maximum Gasteiger partial charge on any atom is 0.252 e. The van der Waals surface area contributed by atoms with Crippen molar-refractivity contribution in [3.8, 4) is 10.6 Å². The fourth-order valence-electron chi connectivity index (χ4n) is 2.40. The second kappa shape index (κ2) is 6.36. The van der Waals surface area contributed by atoms with Crippen LogP contribution >= 0.6 is 11.3 Å². The van der Waals surface area contributed by atoms with E-state index >= 15 is 0 Å². The molecule has 24 heavy (non-hydrogen) atoms. The SMILES string of the molecule is CC(NC(=O)c1cc(-c2cccs2)nc2ccccc12)C(C)(C)C. The number of rotatable bonds is 3. The number of carbonyl (C=O) groups excluding carboxylic acids is 1. The van der Waals surface area contributed by atoms with E-state index in [1.807, 2.05) is 54.8 Å². The summed E-state index contributed by atoms with van der Waals surface area (Å²) in [5.41, 5.74) is 2.38. The van der Waals surface area contributed by atoms with Crippen LogP contribution in [-0.2, 0) is 0 Å². The van der Waals surface area contributed by atoms with E-state index in [1.165, 1.54) is 0 Å². The van der Waals surface area contributed by atoms with E-state index in [2.05, 4.69) is 26.1 Å². The predicted molar refractivity (Wildman–Crippen MR) is 101 cm³/mol. The van der Waals surface area contributed by atoms with Gasteiger partial charge in [0.1, 0.15) is 0 Å². The summed E-state index contributed by atoms with van der Waals surface area (Å²) < 4.78 is 0. The summed E-state index contributed by atoms with van der Waals surface area (Å²) >= 11 is 1.63. The van der Waals surface area contributed by atoms with E-state index in [-0.39, 0.29) is 17.4 Å². The zero-order chi connectivity index (χ0) is 17.3. The molecule has 124 valence electrons. The number of amides is 1. The molecular weight excluding hydrogens is 316 g/mol. The van der Waals surface area contributed by atoms with Crippen molar-refractivity contribution in [3.05, 3.63) is 53.4 Å². The third-order valence-corrected chi connectivity index (χ3v) is 5.27. The Morgan fingerprint density at radius 1 is 1.17 bits per heavy atom. The third-order valence-electron chi connectivity index (χ3n) is 4.38. The molecule has 1 amide bonds. The van der Waals surface area contributed by atoms with Gasteiger partial charge >= 0.3 is 0 Å². The average molecular weight is 338 g/mol. The first-order chi connectivity index (χ1) is 11.4. The van der Waals surface area contributed by atoms with Gasteiger partial charge in [0, 0.05) is 11.4 Å². The van der Waals surface area contributed by atoms with E-state index < -0.39 is 0 Å². The molecule has 0 bridgehead atoms. The Bertz CT molecular complexity index is 863. The molecule has 3 aromatic rings. The van der Waals surface area contributed by atoms with Crippen LogP contribution in [0.3, 0.4) is 0 Å². The molecule has 0 fully saturated rings. The van der Waals surface area contributed by atoms with Crippen molar-refractivity contribution in [3.63, 3.8) is 0 Å². The minimum atomic E-state index is -0.0474. The Kier molecular flexibility index (Phi) is 4.41. The lowest BCUT2D eigenvalue weighted by molar-refractivity contribution is 0.0912. The van der Waals surface area contributed by atoms with Gasteiger partial charge in [-0.15, -0.1) is 11.3 Å². The largest absolute Gasteiger partial charge is 0.349 e. The first-order valence-corrected chi connectivity index (χ1v) is 8.99. The number of benzene rings is 1. The Morgan fingerprint density at radius 3 is 2.58 bits per heavy atom. The molecular formula is C20H22N2OS. The van der Waals surface area contributed by atoms with Crippen molar-refractivity contribution in [2.45, 2.75) is 33.7 Å². The normalized spacial score (nSPS) is 13.0. The molecule has 0 aliphatic rings. The van der Waals surface area contributed by atoms with Crippen LogP contribution in [0.15, 0.2) is 47.8 Å². The van der Waals surface area contributed by atoms with Gasteiger partial charge in [0.2, 0.25) is 0 Å². The van der Waals surface area contributed by atoms with Crippen molar-refractivity contribution in [2.75, 3.05) is 0 Å². The van der Waals surface area contributed by atoms with Crippen LogP contribution in [0.25, 0.3) is 21.5 Å². The Hall–Kier alpha value is -2.20. The maximum atomic E-state index is 12.9. The number of thiophene rings is 1. The minimum Gasteiger partial charge on any atom is -0.349 e. The maximum absolute atomic E-state index is 12.9. The van der Waals surface area contributed by atoms with Crippen LogP contribution in [-0.4, -0.2) is 16.9 Å². The molecule has 0 spiro atoms. The number of para-hydroxylation sites is 1. The molecule has 0 aliphatic heterocycles.